The van der Waals surface area contributed by atoms with Crippen LogP contribution in [0.3, 0.4) is 0 Å². The van der Waals surface area contributed by atoms with Gasteiger partial charge < -0.3 is 10.1 Å². The zero-order valence-electron chi connectivity index (χ0n) is 14.6. The number of amides is 1. The highest BCUT2D eigenvalue weighted by Gasteiger charge is 2.13. The fourth-order valence-electron chi connectivity index (χ4n) is 2.61. The Bertz CT molecular complexity index is 707. The van der Waals surface area contributed by atoms with Crippen LogP contribution in [0.4, 0.5) is 0 Å². The van der Waals surface area contributed by atoms with Crippen molar-refractivity contribution in [3.05, 3.63) is 64.2 Å². The van der Waals surface area contributed by atoms with Crippen molar-refractivity contribution in [1.82, 2.24) is 5.32 Å². The van der Waals surface area contributed by atoms with E-state index in [1.807, 2.05) is 39.0 Å². The Morgan fingerprint density at radius 2 is 1.83 bits per heavy atom. The van der Waals surface area contributed by atoms with E-state index >= 15 is 0 Å². The first-order valence-electron chi connectivity index (χ1n) is 7.94. The first kappa shape index (κ1) is 17.1. The molecule has 23 heavy (non-hydrogen) atoms. The van der Waals surface area contributed by atoms with Crippen LogP contribution in [0.5, 0.6) is 5.75 Å². The first-order valence-corrected chi connectivity index (χ1v) is 7.94. The highest BCUT2D eigenvalue weighted by atomic mass is 16.5. The van der Waals surface area contributed by atoms with Gasteiger partial charge >= 0.3 is 0 Å². The molecule has 0 aliphatic rings. The van der Waals surface area contributed by atoms with Crippen molar-refractivity contribution in [3.8, 4) is 5.75 Å². The summed E-state index contributed by atoms with van der Waals surface area (Å²) in [6, 6.07) is 12.1. The average molecular weight is 311 g/mol. The molecule has 0 spiro atoms. The summed E-state index contributed by atoms with van der Waals surface area (Å²) in [5.41, 5.74) is 5.75. The van der Waals surface area contributed by atoms with E-state index in [4.69, 9.17) is 4.74 Å². The molecule has 1 atom stereocenters. The SMILES string of the molecule is Cc1ccc(C)c([C@H](C)NC(=O)COc2cccc(C)c2C)c1. The van der Waals surface area contributed by atoms with Gasteiger partial charge in [0.1, 0.15) is 5.75 Å². The molecule has 2 rings (SSSR count). The zero-order chi connectivity index (χ0) is 17.0. The van der Waals surface area contributed by atoms with Gasteiger partial charge in [-0.3, -0.25) is 4.79 Å². The molecule has 2 aromatic rings. The molecule has 1 N–H and O–H groups in total. The van der Waals surface area contributed by atoms with Crippen molar-refractivity contribution in [2.45, 2.75) is 40.7 Å². The maximum Gasteiger partial charge on any atom is 0.258 e. The predicted molar refractivity (Wildman–Crippen MR) is 93.9 cm³/mol. The maximum absolute atomic E-state index is 12.2. The quantitative estimate of drug-likeness (QED) is 0.899. The number of hydrogen-bond acceptors (Lipinski definition) is 2. The van der Waals surface area contributed by atoms with E-state index in [1.54, 1.807) is 0 Å². The van der Waals surface area contributed by atoms with Crippen molar-refractivity contribution in [1.29, 1.82) is 0 Å². The van der Waals surface area contributed by atoms with Crippen LogP contribution in [0.1, 0.15) is 40.8 Å². The molecule has 0 saturated carbocycles. The molecule has 0 aliphatic heterocycles. The lowest BCUT2D eigenvalue weighted by molar-refractivity contribution is -0.123. The van der Waals surface area contributed by atoms with Crippen LogP contribution in [0.15, 0.2) is 36.4 Å². The summed E-state index contributed by atoms with van der Waals surface area (Å²) >= 11 is 0. The van der Waals surface area contributed by atoms with Crippen LogP contribution in [0.2, 0.25) is 0 Å². The summed E-state index contributed by atoms with van der Waals surface area (Å²) in [6.45, 7) is 10.2. The number of benzene rings is 2. The lowest BCUT2D eigenvalue weighted by Crippen LogP contribution is -2.31. The van der Waals surface area contributed by atoms with Gasteiger partial charge in [0.2, 0.25) is 0 Å². The summed E-state index contributed by atoms with van der Waals surface area (Å²) in [5.74, 6) is 0.652. The lowest BCUT2D eigenvalue weighted by atomic mass is 10.00. The third-order valence-corrected chi connectivity index (χ3v) is 4.19. The molecule has 1 amide bonds. The van der Waals surface area contributed by atoms with Gasteiger partial charge in [-0.2, -0.15) is 0 Å². The lowest BCUT2D eigenvalue weighted by Gasteiger charge is -2.18. The summed E-state index contributed by atoms with van der Waals surface area (Å²) in [6.07, 6.45) is 0. The van der Waals surface area contributed by atoms with E-state index in [2.05, 4.69) is 37.4 Å². The number of hydrogen-bond donors (Lipinski definition) is 1. The normalized spacial score (nSPS) is 11.9. The van der Waals surface area contributed by atoms with E-state index in [0.717, 1.165) is 22.4 Å². The Morgan fingerprint density at radius 1 is 1.09 bits per heavy atom. The minimum atomic E-state index is -0.112. The molecule has 0 aliphatic carbocycles. The van der Waals surface area contributed by atoms with Crippen molar-refractivity contribution in [2.24, 2.45) is 0 Å². The third kappa shape index (κ3) is 4.35. The molecule has 0 aromatic heterocycles. The molecule has 3 heteroatoms. The average Bonchev–Trinajstić information content (AvgIpc) is 2.51. The van der Waals surface area contributed by atoms with Gasteiger partial charge in [-0.05, 0) is 62.9 Å². The Kier molecular flexibility index (Phi) is 5.43. The zero-order valence-corrected chi connectivity index (χ0v) is 14.6. The van der Waals surface area contributed by atoms with Gasteiger partial charge in [0.15, 0.2) is 6.61 Å². The molecule has 2 aromatic carbocycles. The smallest absolute Gasteiger partial charge is 0.258 e. The van der Waals surface area contributed by atoms with Crippen molar-refractivity contribution >= 4 is 5.91 Å². The second-order valence-corrected chi connectivity index (χ2v) is 6.14. The van der Waals surface area contributed by atoms with Gasteiger partial charge in [0.05, 0.1) is 6.04 Å². The topological polar surface area (TPSA) is 38.3 Å². The molecule has 0 radical (unpaired) electrons. The monoisotopic (exact) mass is 311 g/mol. The van der Waals surface area contributed by atoms with Crippen LogP contribution < -0.4 is 10.1 Å². The van der Waals surface area contributed by atoms with Crippen LogP contribution in [0.25, 0.3) is 0 Å². The van der Waals surface area contributed by atoms with Gasteiger partial charge in [-0.15, -0.1) is 0 Å². The van der Waals surface area contributed by atoms with E-state index in [1.165, 1.54) is 11.1 Å². The Morgan fingerprint density at radius 3 is 2.57 bits per heavy atom. The highest BCUT2D eigenvalue weighted by Crippen LogP contribution is 2.21. The van der Waals surface area contributed by atoms with Crippen LogP contribution in [-0.2, 0) is 4.79 Å². The van der Waals surface area contributed by atoms with Gasteiger partial charge in [0.25, 0.3) is 5.91 Å². The molecular formula is C20H25NO2. The Labute approximate surface area is 138 Å². The summed E-state index contributed by atoms with van der Waals surface area (Å²) in [5, 5.41) is 3.00. The number of ether oxygens (including phenoxy) is 1. The minimum Gasteiger partial charge on any atom is -0.483 e. The molecule has 0 unspecified atom stereocenters. The third-order valence-electron chi connectivity index (χ3n) is 4.19. The van der Waals surface area contributed by atoms with Crippen molar-refractivity contribution in [2.75, 3.05) is 6.61 Å². The number of nitrogens with one attached hydrogen (secondary N) is 1. The minimum absolute atomic E-state index is 0.0273. The summed E-state index contributed by atoms with van der Waals surface area (Å²) < 4.78 is 5.66. The molecular weight excluding hydrogens is 286 g/mol. The van der Waals surface area contributed by atoms with Crippen LogP contribution in [0, 0.1) is 27.7 Å². The van der Waals surface area contributed by atoms with Gasteiger partial charge in [-0.25, -0.2) is 0 Å². The van der Waals surface area contributed by atoms with E-state index in [9.17, 15) is 4.79 Å². The fourth-order valence-corrected chi connectivity index (χ4v) is 2.61. The van der Waals surface area contributed by atoms with Crippen molar-refractivity contribution < 1.29 is 9.53 Å². The van der Waals surface area contributed by atoms with Crippen molar-refractivity contribution in [3.63, 3.8) is 0 Å². The van der Waals surface area contributed by atoms with E-state index < -0.39 is 0 Å². The second-order valence-electron chi connectivity index (χ2n) is 6.14. The van der Waals surface area contributed by atoms with Crippen LogP contribution in [-0.4, -0.2) is 12.5 Å². The number of carbonyl (C=O) groups is 1. The molecule has 0 heterocycles. The summed E-state index contributed by atoms with van der Waals surface area (Å²) in [4.78, 5) is 12.2. The molecule has 122 valence electrons. The highest BCUT2D eigenvalue weighted by molar-refractivity contribution is 5.78. The predicted octanol–water partition coefficient (Wildman–Crippen LogP) is 4.18. The van der Waals surface area contributed by atoms with Gasteiger partial charge in [0, 0.05) is 0 Å². The standard InChI is InChI=1S/C20H25NO2/c1-13-9-10-15(3)18(11-13)17(5)21-20(22)12-23-19-8-6-7-14(2)16(19)4/h6-11,17H,12H2,1-5H3,(H,21,22)/t17-/m0/s1. The molecule has 3 nitrogen and oxygen atoms in total. The van der Waals surface area contributed by atoms with Crippen LogP contribution >= 0.6 is 0 Å². The maximum atomic E-state index is 12.2. The molecule has 0 bridgehead atoms. The fraction of sp³-hybridized carbons (Fsp3) is 0.350. The Balaban J connectivity index is 1.96. The van der Waals surface area contributed by atoms with E-state index in [0.29, 0.717) is 0 Å². The number of aryl methyl sites for hydroxylation is 3. The Hall–Kier alpha value is -2.29. The first-order chi connectivity index (χ1) is 10.9. The van der Waals surface area contributed by atoms with E-state index in [-0.39, 0.29) is 18.6 Å². The number of carbonyl (C=O) groups excluding carboxylic acids is 1. The molecule has 0 fully saturated rings. The summed E-state index contributed by atoms with van der Waals surface area (Å²) in [7, 11) is 0. The second kappa shape index (κ2) is 7.32. The molecule has 0 saturated heterocycles. The largest absolute Gasteiger partial charge is 0.483 e. The van der Waals surface area contributed by atoms with Gasteiger partial charge in [-0.1, -0.05) is 35.9 Å². The number of rotatable bonds is 5.